The summed E-state index contributed by atoms with van der Waals surface area (Å²) in [5.74, 6) is -0.813. The van der Waals surface area contributed by atoms with Crippen LogP contribution >= 0.6 is 0 Å². The molecule has 0 N–H and O–H groups in total. The van der Waals surface area contributed by atoms with Gasteiger partial charge < -0.3 is 0 Å². The summed E-state index contributed by atoms with van der Waals surface area (Å²) in [6.07, 6.45) is 1.04. The lowest BCUT2D eigenvalue weighted by atomic mass is 10.1. The lowest BCUT2D eigenvalue weighted by molar-refractivity contribution is -0.106. The molecule has 1 aliphatic heterocycles. The van der Waals surface area contributed by atoms with Crippen LogP contribution < -0.4 is 0 Å². The van der Waals surface area contributed by atoms with E-state index >= 15 is 0 Å². The van der Waals surface area contributed by atoms with Crippen molar-refractivity contribution in [1.82, 2.24) is 0 Å². The van der Waals surface area contributed by atoms with Crippen molar-refractivity contribution in [3.63, 3.8) is 0 Å². The molecule has 1 aliphatic rings. The molecule has 0 unspecified atom stereocenters. The van der Waals surface area contributed by atoms with Gasteiger partial charge in [-0.1, -0.05) is 30.3 Å². The predicted molar refractivity (Wildman–Crippen MR) is 51.7 cm³/mol. The van der Waals surface area contributed by atoms with Crippen LogP contribution in [0.5, 0.6) is 0 Å². The molecule has 0 atom stereocenters. The van der Waals surface area contributed by atoms with E-state index in [1.54, 1.807) is 30.3 Å². The second-order valence-electron chi connectivity index (χ2n) is 2.75. The first-order chi connectivity index (χ1) is 6.79. The highest BCUT2D eigenvalue weighted by Crippen LogP contribution is 2.04. The van der Waals surface area contributed by atoms with Crippen LogP contribution in [0.15, 0.2) is 40.5 Å². The molecule has 0 radical (unpaired) electrons. The Morgan fingerprint density at radius 3 is 2.43 bits per heavy atom. The molecular weight excluding hydrogens is 180 g/mol. The van der Waals surface area contributed by atoms with Gasteiger partial charge in [0.05, 0.1) is 6.21 Å². The fraction of sp³-hybridized carbons (Fsp3) is 0. The smallest absolute Gasteiger partial charge is 0.230 e. The summed E-state index contributed by atoms with van der Waals surface area (Å²) in [6.45, 7) is 0. The highest BCUT2D eigenvalue weighted by atomic mass is 16.2. The summed E-state index contributed by atoms with van der Waals surface area (Å²) in [5, 5.41) is 6.86. The van der Waals surface area contributed by atoms with Crippen LogP contribution in [0.25, 0.3) is 0 Å². The maximum absolute atomic E-state index is 11.6. The fourth-order valence-corrected chi connectivity index (χ4v) is 1.13. The Labute approximate surface area is 80.0 Å². The fourth-order valence-electron chi connectivity index (χ4n) is 1.13. The molecule has 14 heavy (non-hydrogen) atoms. The van der Waals surface area contributed by atoms with Crippen molar-refractivity contribution in [2.75, 3.05) is 0 Å². The third kappa shape index (κ3) is 1.37. The Morgan fingerprint density at radius 2 is 1.86 bits per heavy atom. The van der Waals surface area contributed by atoms with Gasteiger partial charge in [-0.05, 0) is 0 Å². The first kappa shape index (κ1) is 8.50. The van der Waals surface area contributed by atoms with E-state index in [1.165, 1.54) is 0 Å². The topological polar surface area (TPSA) is 58.9 Å². The number of rotatable bonds is 2. The van der Waals surface area contributed by atoms with E-state index in [2.05, 4.69) is 10.2 Å². The van der Waals surface area contributed by atoms with Gasteiger partial charge in [-0.15, -0.1) is 5.10 Å². The highest BCUT2D eigenvalue weighted by molar-refractivity contribution is 6.80. The Bertz CT molecular complexity index is 446. The van der Waals surface area contributed by atoms with Gasteiger partial charge in [0.1, 0.15) is 0 Å². The molecule has 1 aromatic rings. The van der Waals surface area contributed by atoms with Gasteiger partial charge in [-0.3, -0.25) is 9.59 Å². The van der Waals surface area contributed by atoms with E-state index in [9.17, 15) is 9.59 Å². The van der Waals surface area contributed by atoms with Crippen molar-refractivity contribution in [3.05, 3.63) is 35.9 Å². The maximum Gasteiger partial charge on any atom is 0.230 e. The molecule has 0 aromatic heterocycles. The minimum atomic E-state index is -0.432. The zero-order valence-electron chi connectivity index (χ0n) is 7.18. The Hall–Kier alpha value is -2.10. The predicted octanol–water partition coefficient (Wildman–Crippen LogP) is 0.879. The van der Waals surface area contributed by atoms with Gasteiger partial charge in [-0.25, -0.2) is 0 Å². The summed E-state index contributed by atoms with van der Waals surface area (Å²) < 4.78 is 0. The third-order valence-corrected chi connectivity index (χ3v) is 1.82. The second-order valence-corrected chi connectivity index (χ2v) is 2.75. The first-order valence-corrected chi connectivity index (χ1v) is 4.04. The molecule has 2 rings (SSSR count). The van der Waals surface area contributed by atoms with Crippen LogP contribution in [0.2, 0.25) is 0 Å². The Morgan fingerprint density at radius 1 is 1.14 bits per heavy atom. The lowest BCUT2D eigenvalue weighted by Gasteiger charge is -1.96. The van der Waals surface area contributed by atoms with Gasteiger partial charge in [-0.2, -0.15) is 5.10 Å². The zero-order valence-corrected chi connectivity index (χ0v) is 7.18. The number of benzene rings is 1. The number of hydrogen-bond acceptors (Lipinski definition) is 4. The van der Waals surface area contributed by atoms with Crippen molar-refractivity contribution in [2.24, 2.45) is 10.2 Å². The molecule has 1 aromatic carbocycles. The Kier molecular flexibility index (Phi) is 2.02. The molecule has 68 valence electrons. The van der Waals surface area contributed by atoms with Crippen LogP contribution in [-0.4, -0.2) is 23.5 Å². The summed E-state index contributed by atoms with van der Waals surface area (Å²) >= 11 is 0. The van der Waals surface area contributed by atoms with Crippen molar-refractivity contribution < 1.29 is 9.59 Å². The molecule has 0 saturated heterocycles. The summed E-state index contributed by atoms with van der Waals surface area (Å²) in [5.41, 5.74) is 0.335. The standard InChI is InChI=1S/C10H6N2O2/c13-8-6-11-12-9(8)10(14)7-4-2-1-3-5-7/h1-6H. The molecule has 0 spiro atoms. The largest absolute Gasteiger partial charge is 0.287 e. The molecular formula is C10H6N2O2. The van der Waals surface area contributed by atoms with Crippen LogP contribution in [-0.2, 0) is 4.79 Å². The number of hydrogen-bond donors (Lipinski definition) is 0. The van der Waals surface area contributed by atoms with Crippen molar-refractivity contribution >= 4 is 23.5 Å². The number of carbonyl (C=O) groups is 2. The van der Waals surface area contributed by atoms with Crippen molar-refractivity contribution in [1.29, 1.82) is 0 Å². The highest BCUT2D eigenvalue weighted by Gasteiger charge is 2.23. The van der Waals surface area contributed by atoms with Gasteiger partial charge in [0, 0.05) is 5.56 Å². The average molecular weight is 186 g/mol. The molecule has 0 amide bonds. The van der Waals surface area contributed by atoms with Gasteiger partial charge >= 0.3 is 0 Å². The SMILES string of the molecule is O=C1C=NN=C1C(=O)c1ccccc1. The van der Waals surface area contributed by atoms with E-state index in [0.29, 0.717) is 5.56 Å². The van der Waals surface area contributed by atoms with Crippen molar-refractivity contribution in [3.8, 4) is 0 Å². The monoisotopic (exact) mass is 186 g/mol. The molecule has 0 bridgehead atoms. The summed E-state index contributed by atoms with van der Waals surface area (Å²) in [7, 11) is 0. The lowest BCUT2D eigenvalue weighted by Crippen LogP contribution is -2.22. The van der Waals surface area contributed by atoms with Gasteiger partial charge in [0.15, 0.2) is 5.71 Å². The molecule has 0 aliphatic carbocycles. The number of carbonyl (C=O) groups excluding carboxylic acids is 2. The quantitative estimate of drug-likeness (QED) is 0.643. The van der Waals surface area contributed by atoms with Crippen LogP contribution in [0.4, 0.5) is 0 Å². The van der Waals surface area contributed by atoms with E-state index in [1.807, 2.05) is 0 Å². The normalized spacial score (nSPS) is 14.3. The molecule has 0 saturated carbocycles. The molecule has 0 fully saturated rings. The Balaban J connectivity index is 2.31. The van der Waals surface area contributed by atoms with E-state index in [-0.39, 0.29) is 11.5 Å². The second kappa shape index (κ2) is 3.33. The molecule has 4 heteroatoms. The van der Waals surface area contributed by atoms with E-state index in [4.69, 9.17) is 0 Å². The number of Topliss-reactive ketones (excluding diaryl/α,β-unsaturated/α-hetero) is 2. The van der Waals surface area contributed by atoms with Gasteiger partial charge in [0.25, 0.3) is 0 Å². The first-order valence-electron chi connectivity index (χ1n) is 4.04. The van der Waals surface area contributed by atoms with Crippen LogP contribution in [0, 0.1) is 0 Å². The molecule has 4 nitrogen and oxygen atoms in total. The third-order valence-electron chi connectivity index (χ3n) is 1.82. The summed E-state index contributed by atoms with van der Waals surface area (Å²) in [6, 6.07) is 8.53. The minimum Gasteiger partial charge on any atom is -0.287 e. The number of ketones is 2. The maximum atomic E-state index is 11.6. The minimum absolute atomic E-state index is 0.115. The van der Waals surface area contributed by atoms with E-state index < -0.39 is 5.78 Å². The molecule has 1 heterocycles. The summed E-state index contributed by atoms with van der Waals surface area (Å²) in [4.78, 5) is 22.7. The number of nitrogens with zero attached hydrogens (tertiary/aromatic N) is 2. The van der Waals surface area contributed by atoms with Gasteiger partial charge in [0.2, 0.25) is 11.6 Å². The van der Waals surface area contributed by atoms with Crippen LogP contribution in [0.3, 0.4) is 0 Å². The van der Waals surface area contributed by atoms with Crippen molar-refractivity contribution in [2.45, 2.75) is 0 Å². The van der Waals surface area contributed by atoms with E-state index in [0.717, 1.165) is 6.21 Å². The zero-order chi connectivity index (χ0) is 9.97. The average Bonchev–Trinajstić information content (AvgIpc) is 2.65. The van der Waals surface area contributed by atoms with Crippen LogP contribution in [0.1, 0.15) is 10.4 Å².